The summed E-state index contributed by atoms with van der Waals surface area (Å²) in [6.07, 6.45) is 0. The van der Waals surface area contributed by atoms with E-state index < -0.39 is 0 Å². The zero-order valence-electron chi connectivity index (χ0n) is 15.7. The van der Waals surface area contributed by atoms with Gasteiger partial charge in [0.15, 0.2) is 0 Å². The first-order chi connectivity index (χ1) is 12.2. The molecule has 27 heavy (non-hydrogen) atoms. The minimum atomic E-state index is 0. The molecule has 2 atom stereocenters. The van der Waals surface area contributed by atoms with Crippen molar-refractivity contribution >= 4 is 30.7 Å². The Morgan fingerprint density at radius 1 is 1.04 bits per heavy atom. The lowest BCUT2D eigenvalue weighted by molar-refractivity contribution is -0.131. The van der Waals surface area contributed by atoms with Crippen molar-refractivity contribution in [2.45, 2.75) is 12.5 Å². The van der Waals surface area contributed by atoms with Gasteiger partial charge in [-0.15, -0.1) is 24.8 Å². The number of amides is 1. The normalized spacial score (nSPS) is 18.7. The molecule has 0 aromatic heterocycles. The molecule has 6 heteroatoms. The highest BCUT2D eigenvalue weighted by Gasteiger charge is 2.35. The van der Waals surface area contributed by atoms with Crippen molar-refractivity contribution in [3.63, 3.8) is 0 Å². The summed E-state index contributed by atoms with van der Waals surface area (Å²) in [4.78, 5) is 16.8. The smallest absolute Gasteiger partial charge is 0.236 e. The van der Waals surface area contributed by atoms with Crippen LogP contribution in [-0.2, 0) is 11.3 Å². The summed E-state index contributed by atoms with van der Waals surface area (Å²) in [5.74, 6) is 0.871. The van der Waals surface area contributed by atoms with E-state index in [1.165, 1.54) is 11.1 Å². The second kappa shape index (κ2) is 11.3. The molecule has 2 N–H and O–H groups in total. The second-order valence-electron chi connectivity index (χ2n) is 6.97. The van der Waals surface area contributed by atoms with Gasteiger partial charge >= 0.3 is 0 Å². The molecular weight excluding hydrogens is 381 g/mol. The molecule has 2 aromatic rings. The van der Waals surface area contributed by atoms with Crippen LogP contribution in [0.2, 0.25) is 0 Å². The molecule has 148 valence electrons. The van der Waals surface area contributed by atoms with E-state index in [1.807, 2.05) is 36.2 Å². The van der Waals surface area contributed by atoms with Crippen molar-refractivity contribution in [3.8, 4) is 0 Å². The highest BCUT2D eigenvalue weighted by atomic mass is 35.5. The lowest BCUT2D eigenvalue weighted by Crippen LogP contribution is -2.38. The van der Waals surface area contributed by atoms with E-state index in [0.29, 0.717) is 24.9 Å². The van der Waals surface area contributed by atoms with E-state index in [1.54, 1.807) is 0 Å². The average molecular weight is 410 g/mol. The van der Waals surface area contributed by atoms with Gasteiger partial charge in [0, 0.05) is 25.6 Å². The number of hydrogen-bond acceptors (Lipinski definition) is 3. The van der Waals surface area contributed by atoms with Crippen LogP contribution in [0.1, 0.15) is 17.0 Å². The molecule has 0 saturated carbocycles. The number of benzene rings is 2. The van der Waals surface area contributed by atoms with E-state index in [4.69, 9.17) is 5.73 Å². The molecule has 1 amide bonds. The number of rotatable bonds is 6. The number of nitrogens with zero attached hydrogens (tertiary/aromatic N) is 2. The summed E-state index contributed by atoms with van der Waals surface area (Å²) < 4.78 is 0. The first-order valence-corrected chi connectivity index (χ1v) is 8.92. The fourth-order valence-electron chi connectivity index (χ4n) is 3.67. The molecule has 0 aliphatic carbocycles. The van der Waals surface area contributed by atoms with Gasteiger partial charge in [-0.05, 0) is 30.6 Å². The molecule has 0 unspecified atom stereocenters. The molecule has 1 aliphatic heterocycles. The molecule has 0 radical (unpaired) electrons. The summed E-state index contributed by atoms with van der Waals surface area (Å²) >= 11 is 0. The number of carbonyl (C=O) groups is 1. The van der Waals surface area contributed by atoms with E-state index in [9.17, 15) is 4.79 Å². The molecule has 1 heterocycles. The third-order valence-corrected chi connectivity index (χ3v) is 5.02. The summed E-state index contributed by atoms with van der Waals surface area (Å²) in [6, 6.07) is 20.7. The molecule has 1 fully saturated rings. The van der Waals surface area contributed by atoms with Crippen LogP contribution >= 0.6 is 24.8 Å². The second-order valence-corrected chi connectivity index (χ2v) is 6.97. The van der Waals surface area contributed by atoms with Crippen molar-refractivity contribution in [2.75, 3.05) is 33.2 Å². The van der Waals surface area contributed by atoms with Gasteiger partial charge in [0.05, 0.1) is 6.54 Å². The van der Waals surface area contributed by atoms with Gasteiger partial charge in [0.1, 0.15) is 0 Å². The lowest BCUT2D eigenvalue weighted by atomic mass is 9.89. The van der Waals surface area contributed by atoms with Crippen LogP contribution in [0.15, 0.2) is 60.7 Å². The van der Waals surface area contributed by atoms with Crippen LogP contribution in [0.25, 0.3) is 0 Å². The summed E-state index contributed by atoms with van der Waals surface area (Å²) in [5.41, 5.74) is 8.49. The highest BCUT2D eigenvalue weighted by Crippen LogP contribution is 2.32. The average Bonchev–Trinajstić information content (AvgIpc) is 3.08. The zero-order valence-corrected chi connectivity index (χ0v) is 17.3. The minimum Gasteiger partial charge on any atom is -0.341 e. The van der Waals surface area contributed by atoms with Gasteiger partial charge in [-0.3, -0.25) is 9.69 Å². The molecule has 3 rings (SSSR count). The van der Waals surface area contributed by atoms with Gasteiger partial charge in [0.2, 0.25) is 5.91 Å². The van der Waals surface area contributed by atoms with Gasteiger partial charge in [-0.2, -0.15) is 0 Å². The fourth-order valence-corrected chi connectivity index (χ4v) is 3.67. The number of likely N-dealkylation sites (N-methyl/N-ethyl adjacent to an activating group) is 1. The largest absolute Gasteiger partial charge is 0.341 e. The van der Waals surface area contributed by atoms with Crippen LogP contribution < -0.4 is 5.73 Å². The van der Waals surface area contributed by atoms with E-state index in [-0.39, 0.29) is 30.7 Å². The van der Waals surface area contributed by atoms with Crippen molar-refractivity contribution in [3.05, 3.63) is 71.8 Å². The highest BCUT2D eigenvalue weighted by molar-refractivity contribution is 5.85. The number of likely N-dealkylation sites (tertiary alicyclic amines) is 1. The third kappa shape index (κ3) is 6.22. The molecule has 1 saturated heterocycles. The topological polar surface area (TPSA) is 49.6 Å². The molecule has 4 nitrogen and oxygen atoms in total. The Labute approximate surface area is 174 Å². The van der Waals surface area contributed by atoms with Crippen molar-refractivity contribution < 1.29 is 4.79 Å². The first kappa shape index (κ1) is 23.4. The summed E-state index contributed by atoms with van der Waals surface area (Å²) in [6.45, 7) is 3.36. The van der Waals surface area contributed by atoms with E-state index >= 15 is 0 Å². The Balaban J connectivity index is 0.00000182. The summed E-state index contributed by atoms with van der Waals surface area (Å²) in [5, 5.41) is 0. The Morgan fingerprint density at radius 3 is 2.22 bits per heavy atom. The third-order valence-electron chi connectivity index (χ3n) is 5.02. The molecule has 2 aromatic carbocycles. The molecule has 1 aliphatic rings. The van der Waals surface area contributed by atoms with Crippen LogP contribution in [0.3, 0.4) is 0 Å². The first-order valence-electron chi connectivity index (χ1n) is 8.92. The van der Waals surface area contributed by atoms with Crippen molar-refractivity contribution in [1.29, 1.82) is 0 Å². The van der Waals surface area contributed by atoms with Gasteiger partial charge in [-0.25, -0.2) is 0 Å². The zero-order chi connectivity index (χ0) is 17.6. The molecule has 0 bridgehead atoms. The molecular formula is C21H29Cl2N3O. The van der Waals surface area contributed by atoms with Crippen molar-refractivity contribution in [2.24, 2.45) is 11.7 Å². The van der Waals surface area contributed by atoms with E-state index in [0.717, 1.165) is 19.6 Å². The van der Waals surface area contributed by atoms with Crippen LogP contribution in [0.5, 0.6) is 0 Å². The fraction of sp³-hybridized carbons (Fsp3) is 0.381. The summed E-state index contributed by atoms with van der Waals surface area (Å²) in [7, 11) is 2.00. The van der Waals surface area contributed by atoms with E-state index in [2.05, 4.69) is 41.3 Å². The quantitative estimate of drug-likeness (QED) is 0.796. The number of hydrogen-bond donors (Lipinski definition) is 1. The van der Waals surface area contributed by atoms with Crippen molar-refractivity contribution in [1.82, 2.24) is 9.80 Å². The Bertz CT molecular complexity index is 684. The predicted octanol–water partition coefficient (Wildman–Crippen LogP) is 3.16. The van der Waals surface area contributed by atoms with Crippen LogP contribution in [-0.4, -0.2) is 48.9 Å². The predicted molar refractivity (Wildman–Crippen MR) is 116 cm³/mol. The Hall–Kier alpha value is -1.59. The van der Waals surface area contributed by atoms with Gasteiger partial charge < -0.3 is 10.6 Å². The number of carbonyl (C=O) groups excluding carboxylic acids is 1. The standard InChI is InChI=1S/C21H27N3O.2ClH/c1-23(13-17-8-4-2-5-9-17)16-21(25)24-14-19(12-22)20(15-24)18-10-6-3-7-11-18;;/h2-11,19-20H,12-16,22H2,1H3;2*1H/t19-,20+;;/m1../s1. The lowest BCUT2D eigenvalue weighted by Gasteiger charge is -2.22. The van der Waals surface area contributed by atoms with Gasteiger partial charge in [-0.1, -0.05) is 60.7 Å². The number of halogens is 2. The van der Waals surface area contributed by atoms with Crippen LogP contribution in [0, 0.1) is 5.92 Å². The molecule has 0 spiro atoms. The number of nitrogens with two attached hydrogens (primary N) is 1. The SMILES string of the molecule is CN(CC(=O)N1C[C@@H](CN)[C@H](c2ccccc2)C1)Cc1ccccc1.Cl.Cl. The minimum absolute atomic E-state index is 0. The van der Waals surface area contributed by atoms with Gasteiger partial charge in [0.25, 0.3) is 0 Å². The maximum atomic E-state index is 12.7. The van der Waals surface area contributed by atoms with Crippen LogP contribution in [0.4, 0.5) is 0 Å². The Morgan fingerprint density at radius 2 is 1.63 bits per heavy atom. The monoisotopic (exact) mass is 409 g/mol. The maximum absolute atomic E-state index is 12.7. The Kier molecular flexibility index (Phi) is 9.81. The maximum Gasteiger partial charge on any atom is 0.236 e.